The van der Waals surface area contributed by atoms with Gasteiger partial charge in [-0.1, -0.05) is 23.7 Å². The van der Waals surface area contributed by atoms with E-state index in [2.05, 4.69) is 5.32 Å². The van der Waals surface area contributed by atoms with Gasteiger partial charge in [-0.05, 0) is 42.5 Å². The number of amides is 1. The lowest BCUT2D eigenvalue weighted by molar-refractivity contribution is 0.102. The largest absolute Gasteiger partial charge is 0.497 e. The number of benzene rings is 3. The Kier molecular flexibility index (Phi) is 7.67. The van der Waals surface area contributed by atoms with Crippen LogP contribution >= 0.6 is 11.6 Å². The number of rotatable bonds is 7. The van der Waals surface area contributed by atoms with Gasteiger partial charge in [0.1, 0.15) is 17.3 Å². The molecular formula is C25H25ClFN3O5S. The number of para-hydroxylation sites is 1. The van der Waals surface area contributed by atoms with Crippen LogP contribution in [0.25, 0.3) is 0 Å². The molecule has 3 aromatic carbocycles. The van der Waals surface area contributed by atoms with Crippen molar-refractivity contribution in [3.8, 4) is 11.5 Å². The van der Waals surface area contributed by atoms with Crippen LogP contribution in [-0.4, -0.2) is 59.0 Å². The third-order valence-electron chi connectivity index (χ3n) is 5.91. The molecule has 0 saturated carbocycles. The van der Waals surface area contributed by atoms with E-state index in [1.54, 1.807) is 18.2 Å². The summed E-state index contributed by atoms with van der Waals surface area (Å²) in [7, 11) is -1.07. The fraction of sp³-hybridized carbons (Fsp3) is 0.240. The number of hydrogen-bond acceptors (Lipinski definition) is 6. The zero-order valence-corrected chi connectivity index (χ0v) is 21.3. The topological polar surface area (TPSA) is 88.2 Å². The zero-order valence-electron chi connectivity index (χ0n) is 19.7. The summed E-state index contributed by atoms with van der Waals surface area (Å²) in [5.74, 6) is -0.875. The average molecular weight is 534 g/mol. The van der Waals surface area contributed by atoms with Gasteiger partial charge in [0.05, 0.1) is 41.1 Å². The van der Waals surface area contributed by atoms with Crippen molar-refractivity contribution in [2.24, 2.45) is 0 Å². The smallest absolute Gasteiger partial charge is 0.258 e. The van der Waals surface area contributed by atoms with E-state index in [0.29, 0.717) is 29.6 Å². The van der Waals surface area contributed by atoms with Crippen molar-refractivity contribution in [1.29, 1.82) is 0 Å². The maximum atomic E-state index is 14.6. The zero-order chi connectivity index (χ0) is 25.9. The van der Waals surface area contributed by atoms with E-state index in [1.807, 2.05) is 23.1 Å². The molecule has 8 nitrogen and oxygen atoms in total. The maximum Gasteiger partial charge on any atom is 0.258 e. The molecule has 1 fully saturated rings. The molecule has 190 valence electrons. The Morgan fingerprint density at radius 1 is 0.972 bits per heavy atom. The first-order chi connectivity index (χ1) is 17.2. The molecule has 36 heavy (non-hydrogen) atoms. The first kappa shape index (κ1) is 25.7. The molecule has 1 N–H and O–H groups in total. The number of nitrogens with zero attached hydrogens (tertiary/aromatic N) is 2. The van der Waals surface area contributed by atoms with E-state index in [-0.39, 0.29) is 23.7 Å². The number of methoxy groups -OCH3 is 2. The summed E-state index contributed by atoms with van der Waals surface area (Å²) < 4.78 is 53.0. The molecule has 1 amide bonds. The van der Waals surface area contributed by atoms with Gasteiger partial charge in [-0.15, -0.1) is 0 Å². The predicted molar refractivity (Wildman–Crippen MR) is 136 cm³/mol. The standard InChI is InChI=1S/C25H25ClFN3O5S/c1-34-17-7-10-24(35-2)22(15-17)28-25(31)19-16-18(8-9-21(19)27)36(32,33)30-13-11-29(12-14-30)23-6-4-3-5-20(23)26/h3-10,15-16H,11-14H2,1-2H3,(H,28,31). The SMILES string of the molecule is COc1ccc(OC)c(NC(=O)c2cc(S(=O)(=O)N3CCN(c4ccccc4Cl)CC3)ccc2F)c1. The minimum absolute atomic E-state index is 0.169. The van der Waals surface area contributed by atoms with E-state index in [0.717, 1.165) is 23.9 Å². The second kappa shape index (κ2) is 10.7. The van der Waals surface area contributed by atoms with E-state index in [1.165, 1.54) is 24.6 Å². The van der Waals surface area contributed by atoms with Crippen molar-refractivity contribution >= 4 is 38.9 Å². The van der Waals surface area contributed by atoms with Gasteiger partial charge < -0.3 is 19.7 Å². The van der Waals surface area contributed by atoms with Gasteiger partial charge in [0.2, 0.25) is 10.0 Å². The number of ether oxygens (including phenoxy) is 2. The molecule has 0 unspecified atom stereocenters. The summed E-state index contributed by atoms with van der Waals surface area (Å²) in [6, 6.07) is 15.3. The highest BCUT2D eigenvalue weighted by atomic mass is 35.5. The molecule has 0 bridgehead atoms. The number of halogens is 2. The lowest BCUT2D eigenvalue weighted by Crippen LogP contribution is -2.48. The molecule has 0 aliphatic carbocycles. The number of piperazine rings is 1. The molecule has 0 atom stereocenters. The van der Waals surface area contributed by atoms with Crippen LogP contribution in [-0.2, 0) is 10.0 Å². The van der Waals surface area contributed by atoms with Crippen molar-refractivity contribution in [2.75, 3.05) is 50.6 Å². The molecule has 1 aliphatic heterocycles. The summed E-state index contributed by atoms with van der Waals surface area (Å²) in [5, 5.41) is 3.16. The molecule has 3 aromatic rings. The van der Waals surface area contributed by atoms with Crippen molar-refractivity contribution in [1.82, 2.24) is 4.31 Å². The summed E-state index contributed by atoms with van der Waals surface area (Å²) in [6.07, 6.45) is 0. The van der Waals surface area contributed by atoms with Crippen LogP contribution in [0.2, 0.25) is 5.02 Å². The van der Waals surface area contributed by atoms with Crippen LogP contribution in [0.15, 0.2) is 65.6 Å². The first-order valence-corrected chi connectivity index (χ1v) is 12.9. The first-order valence-electron chi connectivity index (χ1n) is 11.1. The van der Waals surface area contributed by atoms with Crippen LogP contribution in [0, 0.1) is 5.82 Å². The third kappa shape index (κ3) is 5.25. The van der Waals surface area contributed by atoms with Crippen LogP contribution in [0.1, 0.15) is 10.4 Å². The van der Waals surface area contributed by atoms with Crippen LogP contribution in [0.3, 0.4) is 0 Å². The van der Waals surface area contributed by atoms with Crippen molar-refractivity contribution in [2.45, 2.75) is 4.90 Å². The maximum absolute atomic E-state index is 14.6. The van der Waals surface area contributed by atoms with Gasteiger partial charge in [-0.3, -0.25) is 4.79 Å². The normalized spacial score (nSPS) is 14.4. The number of nitrogens with one attached hydrogen (secondary N) is 1. The van der Waals surface area contributed by atoms with Gasteiger partial charge in [-0.25, -0.2) is 12.8 Å². The monoisotopic (exact) mass is 533 g/mol. The van der Waals surface area contributed by atoms with Gasteiger partial charge in [0, 0.05) is 32.2 Å². The van der Waals surface area contributed by atoms with Crippen LogP contribution < -0.4 is 19.7 Å². The lowest BCUT2D eigenvalue weighted by atomic mass is 10.2. The van der Waals surface area contributed by atoms with E-state index in [9.17, 15) is 17.6 Å². The highest BCUT2D eigenvalue weighted by Gasteiger charge is 2.30. The highest BCUT2D eigenvalue weighted by Crippen LogP contribution is 2.31. The Hall–Kier alpha value is -3.34. The summed E-state index contributed by atoms with van der Waals surface area (Å²) in [4.78, 5) is 14.8. The average Bonchev–Trinajstić information content (AvgIpc) is 2.89. The highest BCUT2D eigenvalue weighted by molar-refractivity contribution is 7.89. The quantitative estimate of drug-likeness (QED) is 0.488. The van der Waals surface area contributed by atoms with E-state index in [4.69, 9.17) is 21.1 Å². The van der Waals surface area contributed by atoms with Crippen molar-refractivity contribution in [3.63, 3.8) is 0 Å². The van der Waals surface area contributed by atoms with E-state index >= 15 is 0 Å². The van der Waals surface area contributed by atoms with Gasteiger partial charge >= 0.3 is 0 Å². The number of sulfonamides is 1. The van der Waals surface area contributed by atoms with Crippen molar-refractivity contribution in [3.05, 3.63) is 77.1 Å². The van der Waals surface area contributed by atoms with Crippen molar-refractivity contribution < 1.29 is 27.1 Å². The summed E-state index contributed by atoms with van der Waals surface area (Å²) in [6.45, 7) is 1.31. The second-order valence-electron chi connectivity index (χ2n) is 8.00. The lowest BCUT2D eigenvalue weighted by Gasteiger charge is -2.35. The Bertz CT molecular complexity index is 1380. The Morgan fingerprint density at radius 2 is 1.69 bits per heavy atom. The van der Waals surface area contributed by atoms with Crippen LogP contribution in [0.4, 0.5) is 15.8 Å². The van der Waals surface area contributed by atoms with Crippen LogP contribution in [0.5, 0.6) is 11.5 Å². The molecule has 4 rings (SSSR count). The fourth-order valence-corrected chi connectivity index (χ4v) is 5.67. The predicted octanol–water partition coefficient (Wildman–Crippen LogP) is 4.26. The molecule has 0 spiro atoms. The Morgan fingerprint density at radius 3 is 2.36 bits per heavy atom. The third-order valence-corrected chi connectivity index (χ3v) is 8.12. The number of carbonyl (C=O) groups excluding carboxylic acids is 1. The molecule has 1 saturated heterocycles. The van der Waals surface area contributed by atoms with E-state index < -0.39 is 27.3 Å². The molecule has 11 heteroatoms. The Labute approximate surface area is 214 Å². The number of anilines is 2. The molecule has 0 aromatic heterocycles. The van der Waals surface area contributed by atoms with Gasteiger partial charge in [0.25, 0.3) is 5.91 Å². The summed E-state index contributed by atoms with van der Waals surface area (Å²) >= 11 is 6.27. The second-order valence-corrected chi connectivity index (χ2v) is 10.3. The fourth-order valence-electron chi connectivity index (χ4n) is 3.97. The Balaban J connectivity index is 1.53. The van der Waals surface area contributed by atoms with Gasteiger partial charge in [0.15, 0.2) is 0 Å². The van der Waals surface area contributed by atoms with Gasteiger partial charge in [-0.2, -0.15) is 4.31 Å². The molecular weight excluding hydrogens is 509 g/mol. The number of carbonyl (C=O) groups is 1. The minimum Gasteiger partial charge on any atom is -0.497 e. The molecule has 1 aliphatic rings. The molecule has 0 radical (unpaired) electrons. The summed E-state index contributed by atoms with van der Waals surface area (Å²) in [5.41, 5.74) is 0.686. The molecule has 1 heterocycles. The minimum atomic E-state index is -3.96. The number of hydrogen-bond donors (Lipinski definition) is 1.